The van der Waals surface area contributed by atoms with E-state index in [1.807, 2.05) is 18.5 Å². The molecule has 1 aliphatic rings. The molecule has 0 unspecified atom stereocenters. The first-order chi connectivity index (χ1) is 14.7. The molecule has 2 N–H and O–H groups in total. The second kappa shape index (κ2) is 15.2. The third-order valence-corrected chi connectivity index (χ3v) is 5.71. The smallest absolute Gasteiger partial charge is 0.191 e. The number of morpholine rings is 1. The Hall–Kier alpha value is -1.67. The van der Waals surface area contributed by atoms with Crippen LogP contribution in [0.1, 0.15) is 69.9 Å². The van der Waals surface area contributed by atoms with Crippen LogP contribution in [-0.2, 0) is 18.3 Å². The van der Waals surface area contributed by atoms with Crippen LogP contribution in [0.15, 0.2) is 4.99 Å². The second-order valence-electron chi connectivity index (χ2n) is 8.17. The summed E-state index contributed by atoms with van der Waals surface area (Å²) in [4.78, 5) is 7.18. The van der Waals surface area contributed by atoms with Gasteiger partial charge in [-0.3, -0.25) is 4.90 Å². The van der Waals surface area contributed by atoms with Gasteiger partial charge in [-0.15, -0.1) is 10.2 Å². The van der Waals surface area contributed by atoms with E-state index in [1.54, 1.807) is 0 Å². The molecule has 0 saturated carbocycles. The van der Waals surface area contributed by atoms with Gasteiger partial charge < -0.3 is 19.9 Å². The number of guanidine groups is 1. The number of nitrogens with zero attached hydrogens (tertiary/aromatic N) is 5. The normalized spacial score (nSPS) is 15.5. The SMILES string of the molecule is CCCCCCCCCCNC(=NCc1nnc(C)n1C)NCCN1CCOCC1. The number of rotatable bonds is 14. The maximum Gasteiger partial charge on any atom is 0.191 e. The van der Waals surface area contributed by atoms with Gasteiger partial charge >= 0.3 is 0 Å². The summed E-state index contributed by atoms with van der Waals surface area (Å²) in [7, 11) is 1.99. The van der Waals surface area contributed by atoms with Crippen LogP contribution in [0.5, 0.6) is 0 Å². The number of aliphatic imine (C=N–C) groups is 1. The second-order valence-corrected chi connectivity index (χ2v) is 8.17. The van der Waals surface area contributed by atoms with E-state index in [1.165, 1.54) is 51.4 Å². The molecule has 2 heterocycles. The van der Waals surface area contributed by atoms with E-state index in [9.17, 15) is 0 Å². The lowest BCUT2D eigenvalue weighted by Crippen LogP contribution is -2.44. The van der Waals surface area contributed by atoms with Crippen LogP contribution in [-0.4, -0.2) is 71.6 Å². The highest BCUT2D eigenvalue weighted by Gasteiger charge is 2.10. The molecule has 30 heavy (non-hydrogen) atoms. The molecular weight excluding hydrogens is 378 g/mol. The predicted octanol–water partition coefficient (Wildman–Crippen LogP) is 2.63. The zero-order valence-corrected chi connectivity index (χ0v) is 19.5. The lowest BCUT2D eigenvalue weighted by Gasteiger charge is -2.26. The molecule has 0 bridgehead atoms. The minimum absolute atomic E-state index is 0.529. The predicted molar refractivity (Wildman–Crippen MR) is 123 cm³/mol. The highest BCUT2D eigenvalue weighted by Crippen LogP contribution is 2.08. The minimum atomic E-state index is 0.529. The van der Waals surface area contributed by atoms with Crippen LogP contribution in [0.4, 0.5) is 0 Å². The summed E-state index contributed by atoms with van der Waals surface area (Å²) in [6.07, 6.45) is 10.6. The fraction of sp³-hybridized carbons (Fsp3) is 0.864. The van der Waals surface area contributed by atoms with E-state index in [2.05, 4.69) is 32.7 Å². The van der Waals surface area contributed by atoms with E-state index < -0.39 is 0 Å². The van der Waals surface area contributed by atoms with Crippen molar-refractivity contribution in [3.05, 3.63) is 11.6 Å². The van der Waals surface area contributed by atoms with Gasteiger partial charge in [-0.2, -0.15) is 0 Å². The zero-order chi connectivity index (χ0) is 21.4. The number of aryl methyl sites for hydroxylation is 1. The summed E-state index contributed by atoms with van der Waals surface area (Å²) in [6.45, 7) is 11.3. The molecule has 0 atom stereocenters. The third kappa shape index (κ3) is 9.89. The first-order valence-corrected chi connectivity index (χ1v) is 11.9. The van der Waals surface area contributed by atoms with Crippen LogP contribution < -0.4 is 10.6 Å². The van der Waals surface area contributed by atoms with Gasteiger partial charge in [0.15, 0.2) is 11.8 Å². The summed E-state index contributed by atoms with van der Waals surface area (Å²) in [6, 6.07) is 0. The first kappa shape index (κ1) is 24.6. The molecule has 0 amide bonds. The third-order valence-electron chi connectivity index (χ3n) is 5.71. The molecule has 0 spiro atoms. The molecule has 8 heteroatoms. The van der Waals surface area contributed by atoms with Crippen LogP contribution in [0.25, 0.3) is 0 Å². The molecule has 2 rings (SSSR count). The Morgan fingerprint density at radius 1 is 0.967 bits per heavy atom. The van der Waals surface area contributed by atoms with Crippen molar-refractivity contribution < 1.29 is 4.74 Å². The van der Waals surface area contributed by atoms with Crippen LogP contribution in [0.3, 0.4) is 0 Å². The summed E-state index contributed by atoms with van der Waals surface area (Å²) in [5, 5.41) is 15.3. The molecule has 172 valence electrons. The Balaban J connectivity index is 1.71. The van der Waals surface area contributed by atoms with Gasteiger partial charge in [0.25, 0.3) is 0 Å². The Morgan fingerprint density at radius 3 is 2.30 bits per heavy atom. The van der Waals surface area contributed by atoms with Crippen molar-refractivity contribution in [3.63, 3.8) is 0 Å². The van der Waals surface area contributed by atoms with Crippen molar-refractivity contribution in [3.8, 4) is 0 Å². The number of hydrogen-bond donors (Lipinski definition) is 2. The number of hydrogen-bond acceptors (Lipinski definition) is 5. The molecule has 1 fully saturated rings. The monoisotopic (exact) mass is 421 g/mol. The molecule has 8 nitrogen and oxygen atoms in total. The molecule has 1 aliphatic heterocycles. The largest absolute Gasteiger partial charge is 0.379 e. The van der Waals surface area contributed by atoms with E-state index >= 15 is 0 Å². The fourth-order valence-corrected chi connectivity index (χ4v) is 3.54. The number of unbranched alkanes of at least 4 members (excludes halogenated alkanes) is 7. The summed E-state index contributed by atoms with van der Waals surface area (Å²) < 4.78 is 7.42. The zero-order valence-electron chi connectivity index (χ0n) is 19.5. The van der Waals surface area contributed by atoms with Gasteiger partial charge in [-0.05, 0) is 13.3 Å². The van der Waals surface area contributed by atoms with Crippen LogP contribution in [0.2, 0.25) is 0 Å². The first-order valence-electron chi connectivity index (χ1n) is 11.9. The van der Waals surface area contributed by atoms with Crippen molar-refractivity contribution in [1.82, 2.24) is 30.3 Å². The van der Waals surface area contributed by atoms with E-state index in [0.29, 0.717) is 6.54 Å². The lowest BCUT2D eigenvalue weighted by molar-refractivity contribution is 0.0389. The highest BCUT2D eigenvalue weighted by atomic mass is 16.5. The van der Waals surface area contributed by atoms with Crippen molar-refractivity contribution >= 4 is 5.96 Å². The number of aromatic nitrogens is 3. The van der Waals surface area contributed by atoms with Crippen molar-refractivity contribution in [2.75, 3.05) is 45.9 Å². The molecule has 0 radical (unpaired) electrons. The topological polar surface area (TPSA) is 79.6 Å². The molecule has 1 aromatic heterocycles. The summed E-state index contributed by atoms with van der Waals surface area (Å²) >= 11 is 0. The summed E-state index contributed by atoms with van der Waals surface area (Å²) in [5.41, 5.74) is 0. The van der Waals surface area contributed by atoms with Crippen LogP contribution >= 0.6 is 0 Å². The Morgan fingerprint density at radius 2 is 1.63 bits per heavy atom. The van der Waals surface area contributed by atoms with Crippen LogP contribution in [0, 0.1) is 6.92 Å². The van der Waals surface area contributed by atoms with Gasteiger partial charge in [-0.25, -0.2) is 4.99 Å². The molecule has 1 saturated heterocycles. The molecule has 1 aromatic rings. The van der Waals surface area contributed by atoms with Gasteiger partial charge in [0.2, 0.25) is 0 Å². The van der Waals surface area contributed by atoms with E-state index in [-0.39, 0.29) is 0 Å². The maximum absolute atomic E-state index is 5.43. The van der Waals surface area contributed by atoms with E-state index in [4.69, 9.17) is 9.73 Å². The standard InChI is InChI=1S/C22H43N7O/c1-4-5-6-7-8-9-10-11-12-23-22(24-13-14-29-15-17-30-18-16-29)25-19-21-27-26-20(2)28(21)3/h4-19H2,1-3H3,(H2,23,24,25). The highest BCUT2D eigenvalue weighted by molar-refractivity contribution is 5.79. The Labute approximate surface area is 182 Å². The Kier molecular flexibility index (Phi) is 12.4. The number of ether oxygens (including phenoxy) is 1. The fourth-order valence-electron chi connectivity index (χ4n) is 3.54. The van der Waals surface area contributed by atoms with Crippen molar-refractivity contribution in [1.29, 1.82) is 0 Å². The minimum Gasteiger partial charge on any atom is -0.379 e. The van der Waals surface area contributed by atoms with Gasteiger partial charge in [0.1, 0.15) is 12.4 Å². The Bertz CT molecular complexity index is 596. The number of nitrogens with one attached hydrogen (secondary N) is 2. The average Bonchev–Trinajstić information content (AvgIpc) is 3.08. The quantitative estimate of drug-likeness (QED) is 0.273. The summed E-state index contributed by atoms with van der Waals surface area (Å²) in [5.74, 6) is 2.66. The maximum atomic E-state index is 5.43. The van der Waals surface area contributed by atoms with E-state index in [0.717, 1.165) is 63.5 Å². The van der Waals surface area contributed by atoms with Gasteiger partial charge in [0, 0.05) is 39.8 Å². The van der Waals surface area contributed by atoms with Crippen molar-refractivity contribution in [2.24, 2.45) is 12.0 Å². The van der Waals surface area contributed by atoms with Crippen molar-refractivity contribution in [2.45, 2.75) is 71.8 Å². The molecular formula is C22H43N7O. The van der Waals surface area contributed by atoms with Gasteiger partial charge in [0.05, 0.1) is 13.2 Å². The van der Waals surface area contributed by atoms with Gasteiger partial charge in [-0.1, -0.05) is 51.9 Å². The molecule has 0 aromatic carbocycles. The molecule has 0 aliphatic carbocycles. The average molecular weight is 422 g/mol. The lowest BCUT2D eigenvalue weighted by atomic mass is 10.1.